The van der Waals surface area contributed by atoms with Crippen LogP contribution in [0, 0.1) is 24.2 Å². The van der Waals surface area contributed by atoms with Crippen LogP contribution in [-0.2, 0) is 6.54 Å². The van der Waals surface area contributed by atoms with Gasteiger partial charge in [-0.1, -0.05) is 43.1 Å². The molecule has 1 aromatic carbocycles. The smallest absolute Gasteiger partial charge is 0.258 e. The van der Waals surface area contributed by atoms with Crippen LogP contribution in [0.4, 0.5) is 0 Å². The average molecular weight is 404 g/mol. The van der Waals surface area contributed by atoms with Crippen LogP contribution in [0.3, 0.4) is 0 Å². The number of fused-ring (bicyclic) bond motifs is 1. The van der Waals surface area contributed by atoms with E-state index >= 15 is 0 Å². The third-order valence-corrected chi connectivity index (χ3v) is 5.19. The predicted octanol–water partition coefficient (Wildman–Crippen LogP) is 4.34. The lowest BCUT2D eigenvalue weighted by Crippen LogP contribution is -2.33. The molecular formula is C20H19Cl2N3O2. The van der Waals surface area contributed by atoms with Gasteiger partial charge >= 0.3 is 0 Å². The fourth-order valence-corrected chi connectivity index (χ4v) is 3.97. The van der Waals surface area contributed by atoms with E-state index in [-0.39, 0.29) is 22.9 Å². The molecule has 2 heterocycles. The normalized spacial score (nSPS) is 16.1. The number of allylic oxidation sites excluding steroid dienone is 1. The van der Waals surface area contributed by atoms with E-state index in [9.17, 15) is 10.1 Å². The molecule has 1 aliphatic heterocycles. The van der Waals surface area contributed by atoms with Crippen molar-refractivity contribution in [2.24, 2.45) is 11.7 Å². The molecule has 2 N–H and O–H groups in total. The zero-order valence-corrected chi connectivity index (χ0v) is 16.7. The topological polar surface area (TPSA) is 81.0 Å². The Hall–Kier alpha value is -2.42. The molecule has 2 aromatic rings. The first-order chi connectivity index (χ1) is 12.8. The van der Waals surface area contributed by atoms with Gasteiger partial charge in [-0.15, -0.1) is 0 Å². The summed E-state index contributed by atoms with van der Waals surface area (Å²) in [7, 11) is 0. The number of aromatic nitrogens is 1. The highest BCUT2D eigenvalue weighted by Crippen LogP contribution is 2.45. The summed E-state index contributed by atoms with van der Waals surface area (Å²) in [5, 5.41) is 10.4. The Kier molecular flexibility index (Phi) is 5.23. The van der Waals surface area contributed by atoms with Crippen molar-refractivity contribution < 1.29 is 4.74 Å². The molecule has 5 nitrogen and oxygen atoms in total. The van der Waals surface area contributed by atoms with Crippen LogP contribution < -0.4 is 16.0 Å². The van der Waals surface area contributed by atoms with Gasteiger partial charge in [0, 0.05) is 33.9 Å². The number of nitrogens with zero attached hydrogens (tertiary/aromatic N) is 2. The van der Waals surface area contributed by atoms with E-state index in [0.29, 0.717) is 33.5 Å². The first-order valence-electron chi connectivity index (χ1n) is 8.52. The number of nitrogens with two attached hydrogens (primary N) is 1. The first kappa shape index (κ1) is 19.3. The van der Waals surface area contributed by atoms with Gasteiger partial charge in [0.1, 0.15) is 17.4 Å². The summed E-state index contributed by atoms with van der Waals surface area (Å²) < 4.78 is 7.31. The molecule has 140 valence electrons. The van der Waals surface area contributed by atoms with Gasteiger partial charge in [0.15, 0.2) is 0 Å². The average Bonchev–Trinajstić information content (AvgIpc) is 2.58. The Balaban J connectivity index is 2.38. The standard InChI is InChI=1S/C20H19Cl2N3O2/c1-10(2)9-25-11(3)7-15-18(20(25)26)16(12(8-23)19(24)27-15)17-13(21)5-4-6-14(17)22/h4-7,10,16H,9,24H2,1-3H3/t16-/m0/s1. The van der Waals surface area contributed by atoms with E-state index in [1.54, 1.807) is 28.8 Å². The van der Waals surface area contributed by atoms with Gasteiger partial charge in [-0.3, -0.25) is 4.79 Å². The Labute approximate surface area is 167 Å². The van der Waals surface area contributed by atoms with Gasteiger partial charge in [-0.2, -0.15) is 5.26 Å². The van der Waals surface area contributed by atoms with Crippen LogP contribution in [0.5, 0.6) is 5.75 Å². The lowest BCUT2D eigenvalue weighted by Gasteiger charge is -2.28. The summed E-state index contributed by atoms with van der Waals surface area (Å²) in [5.74, 6) is -0.241. The SMILES string of the molecule is Cc1cc2c(c(=O)n1CC(C)C)[C@H](c1c(Cl)cccc1Cl)C(C#N)=C(N)O2. The van der Waals surface area contributed by atoms with Crippen LogP contribution in [0.2, 0.25) is 10.0 Å². The Morgan fingerprint density at radius 1 is 1.30 bits per heavy atom. The Morgan fingerprint density at radius 2 is 1.93 bits per heavy atom. The molecule has 3 rings (SSSR count). The van der Waals surface area contributed by atoms with Gasteiger partial charge < -0.3 is 15.0 Å². The lowest BCUT2D eigenvalue weighted by atomic mass is 9.84. The third kappa shape index (κ3) is 3.31. The van der Waals surface area contributed by atoms with Crippen molar-refractivity contribution >= 4 is 23.2 Å². The van der Waals surface area contributed by atoms with Crippen molar-refractivity contribution in [3.05, 3.63) is 72.9 Å². The molecule has 0 spiro atoms. The molecule has 1 atom stereocenters. The number of rotatable bonds is 3. The number of hydrogen-bond acceptors (Lipinski definition) is 4. The molecule has 0 fully saturated rings. The zero-order chi connectivity index (χ0) is 19.9. The van der Waals surface area contributed by atoms with E-state index < -0.39 is 5.92 Å². The second-order valence-electron chi connectivity index (χ2n) is 6.93. The van der Waals surface area contributed by atoms with Crippen molar-refractivity contribution in [1.82, 2.24) is 4.57 Å². The number of halogens is 2. The monoisotopic (exact) mass is 403 g/mol. The largest absolute Gasteiger partial charge is 0.440 e. The molecule has 1 aromatic heterocycles. The van der Waals surface area contributed by atoms with Crippen molar-refractivity contribution in [1.29, 1.82) is 5.26 Å². The summed E-state index contributed by atoms with van der Waals surface area (Å²) in [6, 6.07) is 8.87. The number of pyridine rings is 1. The fourth-order valence-electron chi connectivity index (χ4n) is 3.35. The molecule has 27 heavy (non-hydrogen) atoms. The molecule has 0 amide bonds. The number of ether oxygens (including phenoxy) is 1. The predicted molar refractivity (Wildman–Crippen MR) is 106 cm³/mol. The minimum Gasteiger partial charge on any atom is -0.440 e. The van der Waals surface area contributed by atoms with Crippen LogP contribution in [0.25, 0.3) is 0 Å². The van der Waals surface area contributed by atoms with Crippen molar-refractivity contribution in [3.8, 4) is 11.8 Å². The van der Waals surface area contributed by atoms with Crippen molar-refractivity contribution in [3.63, 3.8) is 0 Å². The first-order valence-corrected chi connectivity index (χ1v) is 9.27. The van der Waals surface area contributed by atoms with Crippen LogP contribution in [0.1, 0.15) is 36.6 Å². The fraction of sp³-hybridized carbons (Fsp3) is 0.300. The second-order valence-corrected chi connectivity index (χ2v) is 7.75. The second kappa shape index (κ2) is 7.30. The maximum atomic E-state index is 13.4. The van der Waals surface area contributed by atoms with E-state index in [4.69, 9.17) is 33.7 Å². The number of hydrogen-bond donors (Lipinski definition) is 1. The highest BCUT2D eigenvalue weighted by molar-refractivity contribution is 6.36. The summed E-state index contributed by atoms with van der Waals surface area (Å²) in [4.78, 5) is 13.4. The van der Waals surface area contributed by atoms with Gasteiger partial charge in [0.2, 0.25) is 5.88 Å². The molecule has 0 aliphatic carbocycles. The maximum absolute atomic E-state index is 13.4. The van der Waals surface area contributed by atoms with Gasteiger partial charge in [0.25, 0.3) is 5.56 Å². The quantitative estimate of drug-likeness (QED) is 0.825. The van der Waals surface area contributed by atoms with Crippen molar-refractivity contribution in [2.45, 2.75) is 33.2 Å². The van der Waals surface area contributed by atoms with Crippen LogP contribution >= 0.6 is 23.2 Å². The molecule has 7 heteroatoms. The molecule has 0 saturated heterocycles. The summed E-state index contributed by atoms with van der Waals surface area (Å²) in [6.07, 6.45) is 0. The van der Waals surface area contributed by atoms with Gasteiger partial charge in [-0.05, 0) is 25.0 Å². The number of aryl methyl sites for hydroxylation is 1. The zero-order valence-electron chi connectivity index (χ0n) is 15.2. The molecule has 0 radical (unpaired) electrons. The summed E-state index contributed by atoms with van der Waals surface area (Å²) >= 11 is 12.8. The minimum absolute atomic E-state index is 0.0496. The minimum atomic E-state index is -0.786. The summed E-state index contributed by atoms with van der Waals surface area (Å²) in [5.41, 5.74) is 7.42. The molecule has 0 unspecified atom stereocenters. The van der Waals surface area contributed by atoms with Crippen LogP contribution in [-0.4, -0.2) is 4.57 Å². The number of benzene rings is 1. The van der Waals surface area contributed by atoms with E-state index in [1.165, 1.54) is 0 Å². The van der Waals surface area contributed by atoms with E-state index in [0.717, 1.165) is 5.69 Å². The highest BCUT2D eigenvalue weighted by Gasteiger charge is 2.36. The van der Waals surface area contributed by atoms with E-state index in [2.05, 4.69) is 6.07 Å². The Bertz CT molecular complexity index is 1030. The molecule has 0 saturated carbocycles. The molecule has 1 aliphatic rings. The maximum Gasteiger partial charge on any atom is 0.258 e. The van der Waals surface area contributed by atoms with Crippen molar-refractivity contribution in [2.75, 3.05) is 0 Å². The molecule has 0 bridgehead atoms. The Morgan fingerprint density at radius 3 is 2.48 bits per heavy atom. The summed E-state index contributed by atoms with van der Waals surface area (Å²) in [6.45, 7) is 6.44. The van der Waals surface area contributed by atoms with Gasteiger partial charge in [-0.25, -0.2) is 0 Å². The molecular weight excluding hydrogens is 385 g/mol. The van der Waals surface area contributed by atoms with Crippen LogP contribution in [0.15, 0.2) is 40.5 Å². The highest BCUT2D eigenvalue weighted by atomic mass is 35.5. The third-order valence-electron chi connectivity index (χ3n) is 4.53. The lowest BCUT2D eigenvalue weighted by molar-refractivity contribution is 0.386. The van der Waals surface area contributed by atoms with E-state index in [1.807, 2.05) is 20.8 Å². The van der Waals surface area contributed by atoms with Gasteiger partial charge in [0.05, 0.1) is 11.5 Å². The number of nitriles is 1.